The second kappa shape index (κ2) is 9.85. The number of nitrogens with one attached hydrogen (secondary N) is 1. The average Bonchev–Trinajstić information content (AvgIpc) is 3.00. The molecular weight excluding hydrogens is 421 g/mol. The Hall–Kier alpha value is -1.44. The fourth-order valence-electron chi connectivity index (χ4n) is 2.34. The van der Waals surface area contributed by atoms with Crippen LogP contribution in [0.4, 0.5) is 4.79 Å². The van der Waals surface area contributed by atoms with Crippen LogP contribution in [0.2, 0.25) is 10.0 Å². The van der Waals surface area contributed by atoms with Gasteiger partial charge in [-0.3, -0.25) is 0 Å². The number of aromatic nitrogens is 2. The van der Waals surface area contributed by atoms with Crippen LogP contribution in [0.25, 0.3) is 0 Å². The molecular formula is C19H25Cl2N3O3S. The predicted octanol–water partition coefficient (Wildman–Crippen LogP) is 6.28. The quantitative estimate of drug-likeness (QED) is 0.505. The van der Waals surface area contributed by atoms with E-state index in [1.165, 1.54) is 11.8 Å². The number of hydrogen-bond donors (Lipinski definition) is 1. The van der Waals surface area contributed by atoms with Gasteiger partial charge in [0.15, 0.2) is 0 Å². The van der Waals surface area contributed by atoms with Crippen molar-refractivity contribution >= 4 is 41.1 Å². The summed E-state index contributed by atoms with van der Waals surface area (Å²) in [6, 6.07) is 4.92. The van der Waals surface area contributed by atoms with Gasteiger partial charge in [-0.1, -0.05) is 54.9 Å². The molecule has 2 aromatic rings. The highest BCUT2D eigenvalue weighted by Gasteiger charge is 2.25. The molecule has 0 saturated heterocycles. The molecule has 0 saturated carbocycles. The summed E-state index contributed by atoms with van der Waals surface area (Å²) in [6.07, 6.45) is 0.132. The van der Waals surface area contributed by atoms with E-state index in [0.717, 1.165) is 5.56 Å². The summed E-state index contributed by atoms with van der Waals surface area (Å²) in [4.78, 5) is 12.2. The highest BCUT2D eigenvalue weighted by atomic mass is 35.5. The van der Waals surface area contributed by atoms with Crippen LogP contribution in [0, 0.1) is 5.92 Å². The zero-order valence-electron chi connectivity index (χ0n) is 16.6. The van der Waals surface area contributed by atoms with E-state index in [9.17, 15) is 4.79 Å². The van der Waals surface area contributed by atoms with Crippen molar-refractivity contribution in [2.75, 3.05) is 0 Å². The van der Waals surface area contributed by atoms with Gasteiger partial charge in [-0.15, -0.1) is 10.2 Å². The standard InChI is InChI=1S/C19H25Cl2N3O3S/c1-11(2)8-15(22-17(25)27-19(3,4)5)16-23-24-18(26-16)28-10-12-6-7-13(20)9-14(12)21/h6-7,9,11,15H,8,10H2,1-5H3,(H,22,25)/t15-/m0/s1. The number of benzene rings is 1. The molecule has 0 aliphatic heterocycles. The van der Waals surface area contributed by atoms with Crippen LogP contribution in [0.5, 0.6) is 0 Å². The summed E-state index contributed by atoms with van der Waals surface area (Å²) < 4.78 is 11.1. The van der Waals surface area contributed by atoms with Crippen LogP contribution >= 0.6 is 35.0 Å². The van der Waals surface area contributed by atoms with Gasteiger partial charge in [-0.25, -0.2) is 4.79 Å². The van der Waals surface area contributed by atoms with Crippen molar-refractivity contribution in [2.24, 2.45) is 5.92 Å². The molecule has 1 N–H and O–H groups in total. The second-order valence-electron chi connectivity index (χ2n) is 7.76. The van der Waals surface area contributed by atoms with Crippen LogP contribution in [-0.4, -0.2) is 21.9 Å². The molecule has 1 aromatic heterocycles. The molecule has 154 valence electrons. The van der Waals surface area contributed by atoms with Crippen molar-refractivity contribution < 1.29 is 13.9 Å². The van der Waals surface area contributed by atoms with Crippen LogP contribution in [0.1, 0.15) is 58.5 Å². The molecule has 1 heterocycles. The Labute approximate surface area is 179 Å². The van der Waals surface area contributed by atoms with Crippen molar-refractivity contribution in [1.29, 1.82) is 0 Å². The van der Waals surface area contributed by atoms with Crippen molar-refractivity contribution in [2.45, 2.75) is 63.7 Å². The van der Waals surface area contributed by atoms with E-state index in [-0.39, 0.29) is 0 Å². The molecule has 0 radical (unpaired) electrons. The van der Waals surface area contributed by atoms with Gasteiger partial charge in [0.1, 0.15) is 11.6 Å². The molecule has 0 spiro atoms. The number of carbonyl (C=O) groups is 1. The third-order valence-electron chi connectivity index (χ3n) is 3.48. The number of ether oxygens (including phenoxy) is 1. The number of carbonyl (C=O) groups excluding carboxylic acids is 1. The Morgan fingerprint density at radius 1 is 1.29 bits per heavy atom. The molecule has 28 heavy (non-hydrogen) atoms. The van der Waals surface area contributed by atoms with Crippen LogP contribution in [0.3, 0.4) is 0 Å². The molecule has 0 fully saturated rings. The van der Waals surface area contributed by atoms with E-state index >= 15 is 0 Å². The van der Waals surface area contributed by atoms with E-state index < -0.39 is 17.7 Å². The number of nitrogens with zero attached hydrogens (tertiary/aromatic N) is 2. The molecule has 1 atom stereocenters. The second-order valence-corrected chi connectivity index (χ2v) is 9.53. The van der Waals surface area contributed by atoms with Crippen molar-refractivity contribution in [1.82, 2.24) is 15.5 Å². The van der Waals surface area contributed by atoms with Gasteiger partial charge < -0.3 is 14.5 Å². The molecule has 1 aromatic carbocycles. The number of amides is 1. The number of alkyl carbamates (subject to hydrolysis) is 1. The number of hydrogen-bond acceptors (Lipinski definition) is 6. The van der Waals surface area contributed by atoms with E-state index in [1.807, 2.05) is 26.8 Å². The minimum Gasteiger partial charge on any atom is -0.444 e. The van der Waals surface area contributed by atoms with Crippen LogP contribution < -0.4 is 5.32 Å². The number of thioether (sulfide) groups is 1. The summed E-state index contributed by atoms with van der Waals surface area (Å²) in [5, 5.41) is 12.6. The molecule has 9 heteroatoms. The van der Waals surface area contributed by atoms with Crippen LogP contribution in [-0.2, 0) is 10.5 Å². The van der Waals surface area contributed by atoms with E-state index in [4.69, 9.17) is 32.4 Å². The fraction of sp³-hybridized carbons (Fsp3) is 0.526. The maximum absolute atomic E-state index is 12.2. The maximum atomic E-state index is 12.2. The summed E-state index contributed by atoms with van der Waals surface area (Å²) >= 11 is 13.5. The van der Waals surface area contributed by atoms with E-state index in [1.54, 1.807) is 12.1 Å². The summed E-state index contributed by atoms with van der Waals surface area (Å²) in [6.45, 7) is 9.55. The summed E-state index contributed by atoms with van der Waals surface area (Å²) in [5.41, 5.74) is 0.335. The van der Waals surface area contributed by atoms with Crippen molar-refractivity contribution in [3.05, 3.63) is 39.7 Å². The fourth-order valence-corrected chi connectivity index (χ4v) is 3.67. The Morgan fingerprint density at radius 3 is 2.61 bits per heavy atom. The Balaban J connectivity index is 2.05. The first-order valence-corrected chi connectivity index (χ1v) is 10.7. The van der Waals surface area contributed by atoms with Gasteiger partial charge in [0.25, 0.3) is 5.22 Å². The lowest BCUT2D eigenvalue weighted by molar-refractivity contribution is 0.0487. The predicted molar refractivity (Wildman–Crippen MR) is 112 cm³/mol. The summed E-state index contributed by atoms with van der Waals surface area (Å²) in [7, 11) is 0. The number of halogens is 2. The molecule has 6 nitrogen and oxygen atoms in total. The first kappa shape index (κ1) is 22.8. The zero-order valence-corrected chi connectivity index (χ0v) is 18.9. The van der Waals surface area contributed by atoms with Crippen molar-refractivity contribution in [3.8, 4) is 0 Å². The maximum Gasteiger partial charge on any atom is 0.408 e. The zero-order chi connectivity index (χ0) is 20.9. The molecule has 2 rings (SSSR count). The monoisotopic (exact) mass is 445 g/mol. The normalized spacial score (nSPS) is 12.9. The van der Waals surface area contributed by atoms with Gasteiger partial charge in [0, 0.05) is 15.8 Å². The molecule has 0 bridgehead atoms. The highest BCUT2D eigenvalue weighted by Crippen LogP contribution is 2.29. The van der Waals surface area contributed by atoms with E-state index in [2.05, 4.69) is 29.4 Å². The van der Waals surface area contributed by atoms with Gasteiger partial charge in [0.2, 0.25) is 5.89 Å². The molecule has 0 aliphatic carbocycles. The average molecular weight is 446 g/mol. The van der Waals surface area contributed by atoms with Gasteiger partial charge in [0.05, 0.1) is 0 Å². The largest absolute Gasteiger partial charge is 0.444 e. The SMILES string of the molecule is CC(C)C[C@H](NC(=O)OC(C)(C)C)c1nnc(SCc2ccc(Cl)cc2Cl)o1. The Bertz CT molecular complexity index is 806. The van der Waals surface area contributed by atoms with E-state index in [0.29, 0.717) is 39.3 Å². The molecule has 0 aliphatic rings. The van der Waals surface area contributed by atoms with Gasteiger partial charge in [-0.2, -0.15) is 0 Å². The highest BCUT2D eigenvalue weighted by molar-refractivity contribution is 7.98. The van der Waals surface area contributed by atoms with Crippen LogP contribution in [0.15, 0.2) is 27.8 Å². The lowest BCUT2D eigenvalue weighted by atomic mass is 10.0. The number of rotatable bonds is 7. The lowest BCUT2D eigenvalue weighted by Gasteiger charge is -2.22. The minimum absolute atomic E-state index is 0.316. The van der Waals surface area contributed by atoms with Gasteiger partial charge >= 0.3 is 6.09 Å². The molecule has 1 amide bonds. The Morgan fingerprint density at radius 2 is 2.00 bits per heavy atom. The lowest BCUT2D eigenvalue weighted by Crippen LogP contribution is -2.35. The van der Waals surface area contributed by atoms with Crippen molar-refractivity contribution in [3.63, 3.8) is 0 Å². The van der Waals surface area contributed by atoms with Gasteiger partial charge in [-0.05, 0) is 50.8 Å². The first-order valence-electron chi connectivity index (χ1n) is 8.93. The summed E-state index contributed by atoms with van der Waals surface area (Å²) in [5.74, 6) is 1.23. The Kier molecular flexibility index (Phi) is 8.04. The third-order valence-corrected chi connectivity index (χ3v) is 4.94. The topological polar surface area (TPSA) is 77.2 Å². The first-order chi connectivity index (χ1) is 13.0. The third kappa shape index (κ3) is 7.53. The minimum atomic E-state index is -0.583. The molecule has 0 unspecified atom stereocenters. The smallest absolute Gasteiger partial charge is 0.408 e.